The van der Waals surface area contributed by atoms with Gasteiger partial charge in [-0.2, -0.15) is 13.2 Å². The van der Waals surface area contributed by atoms with Crippen LogP contribution in [0.1, 0.15) is 50.3 Å². The number of fused-ring (bicyclic) bond motifs is 3. The van der Waals surface area contributed by atoms with Gasteiger partial charge in [-0.1, -0.05) is 11.6 Å². The lowest BCUT2D eigenvalue weighted by Crippen LogP contribution is -2.60. The molecule has 35 heavy (non-hydrogen) atoms. The number of carbonyl (C=O) groups is 2. The summed E-state index contributed by atoms with van der Waals surface area (Å²) in [6, 6.07) is 3.24. The van der Waals surface area contributed by atoms with Gasteiger partial charge in [0.15, 0.2) is 5.69 Å². The first-order chi connectivity index (χ1) is 16.2. The monoisotopic (exact) mass is 513 g/mol. The minimum absolute atomic E-state index is 0.0248. The van der Waals surface area contributed by atoms with Crippen molar-refractivity contribution in [3.05, 3.63) is 40.9 Å². The maximum atomic E-state index is 13.7. The lowest BCUT2D eigenvalue weighted by Gasteiger charge is -2.41. The van der Waals surface area contributed by atoms with Crippen LogP contribution in [-0.4, -0.2) is 63.4 Å². The molecule has 2 aliphatic heterocycles. The molecule has 1 aromatic heterocycles. The first-order valence-electron chi connectivity index (χ1n) is 11.2. The van der Waals surface area contributed by atoms with Crippen LogP contribution in [0.25, 0.3) is 5.69 Å². The van der Waals surface area contributed by atoms with E-state index < -0.39 is 36.2 Å². The highest BCUT2D eigenvalue weighted by Crippen LogP contribution is 2.36. The second-order valence-electron chi connectivity index (χ2n) is 9.90. The van der Waals surface area contributed by atoms with E-state index in [4.69, 9.17) is 16.3 Å². The van der Waals surface area contributed by atoms with Crippen LogP contribution >= 0.6 is 11.6 Å². The molecule has 1 saturated heterocycles. The van der Waals surface area contributed by atoms with Gasteiger partial charge in [-0.25, -0.2) is 14.6 Å². The number of benzene rings is 1. The van der Waals surface area contributed by atoms with Crippen molar-refractivity contribution in [2.75, 3.05) is 18.0 Å². The second-order valence-corrected chi connectivity index (χ2v) is 10.3. The highest BCUT2D eigenvalue weighted by Gasteiger charge is 2.39. The average molecular weight is 514 g/mol. The van der Waals surface area contributed by atoms with Gasteiger partial charge in [-0.15, -0.1) is 0 Å². The third-order valence-corrected chi connectivity index (χ3v) is 5.92. The number of carbonyl (C=O) groups excluding carboxylic acids is 2. The van der Waals surface area contributed by atoms with E-state index in [0.717, 1.165) is 0 Å². The van der Waals surface area contributed by atoms with E-state index in [1.54, 1.807) is 50.5 Å². The van der Waals surface area contributed by atoms with Crippen molar-refractivity contribution in [2.24, 2.45) is 0 Å². The second kappa shape index (κ2) is 9.02. The largest absolute Gasteiger partial charge is 0.455 e. The first kappa shape index (κ1) is 25.3. The SMILES string of the molecule is CC1CN(C(=O)N2Cc3c(C(=O)OC(C)(C)C)ncn3-c3ccc(Cl)cc32)CC(CC(F)(F)F)N1. The summed E-state index contributed by atoms with van der Waals surface area (Å²) in [7, 11) is 0. The number of nitrogens with one attached hydrogen (secondary N) is 1. The van der Waals surface area contributed by atoms with Crippen LogP contribution in [-0.2, 0) is 11.3 Å². The minimum Gasteiger partial charge on any atom is -0.455 e. The normalized spacial score (nSPS) is 20.3. The number of esters is 1. The number of piperazine rings is 1. The molecule has 2 amide bonds. The molecule has 0 spiro atoms. The summed E-state index contributed by atoms with van der Waals surface area (Å²) in [6.45, 7) is 7.06. The summed E-state index contributed by atoms with van der Waals surface area (Å²) < 4.78 is 46.3. The summed E-state index contributed by atoms with van der Waals surface area (Å²) in [5.41, 5.74) is 0.815. The number of hydrogen-bond donors (Lipinski definition) is 1. The van der Waals surface area contributed by atoms with Crippen molar-refractivity contribution < 1.29 is 27.5 Å². The van der Waals surface area contributed by atoms with Crippen molar-refractivity contribution in [2.45, 2.75) is 64.5 Å². The lowest BCUT2D eigenvalue weighted by molar-refractivity contribution is -0.142. The van der Waals surface area contributed by atoms with Crippen LogP contribution in [0.4, 0.5) is 23.7 Å². The van der Waals surface area contributed by atoms with Gasteiger partial charge >= 0.3 is 18.2 Å². The molecule has 2 atom stereocenters. The fraction of sp³-hybridized carbons (Fsp3) is 0.522. The molecule has 190 valence electrons. The molecule has 1 fully saturated rings. The van der Waals surface area contributed by atoms with E-state index in [0.29, 0.717) is 22.1 Å². The summed E-state index contributed by atoms with van der Waals surface area (Å²) in [5.74, 6) is -0.628. The topological polar surface area (TPSA) is 79.7 Å². The molecule has 0 radical (unpaired) electrons. The number of ether oxygens (including phenoxy) is 1. The van der Waals surface area contributed by atoms with Crippen LogP contribution in [0.15, 0.2) is 24.5 Å². The Bertz CT molecular complexity index is 1140. The van der Waals surface area contributed by atoms with E-state index in [1.165, 1.54) is 16.1 Å². The molecule has 8 nitrogen and oxygen atoms in total. The first-order valence-corrected chi connectivity index (χ1v) is 11.6. The van der Waals surface area contributed by atoms with Crippen LogP contribution in [0, 0.1) is 0 Å². The van der Waals surface area contributed by atoms with Crippen molar-refractivity contribution in [1.29, 1.82) is 0 Å². The van der Waals surface area contributed by atoms with E-state index in [1.807, 2.05) is 0 Å². The van der Waals surface area contributed by atoms with Crippen molar-refractivity contribution in [3.63, 3.8) is 0 Å². The number of aromatic nitrogens is 2. The van der Waals surface area contributed by atoms with Gasteiger partial charge in [-0.05, 0) is 45.9 Å². The van der Waals surface area contributed by atoms with Gasteiger partial charge in [0.05, 0.1) is 30.0 Å². The molecule has 12 heteroatoms. The number of halogens is 4. The van der Waals surface area contributed by atoms with Crippen LogP contribution < -0.4 is 10.2 Å². The zero-order chi connectivity index (χ0) is 25.7. The molecule has 2 aliphatic rings. The summed E-state index contributed by atoms with van der Waals surface area (Å²) in [4.78, 5) is 33.6. The summed E-state index contributed by atoms with van der Waals surface area (Å²) in [6.07, 6.45) is -3.92. The highest BCUT2D eigenvalue weighted by molar-refractivity contribution is 6.31. The van der Waals surface area contributed by atoms with E-state index in [-0.39, 0.29) is 31.4 Å². The molecular weight excluding hydrogens is 487 g/mol. The van der Waals surface area contributed by atoms with Crippen molar-refractivity contribution in [3.8, 4) is 5.69 Å². The molecule has 1 aromatic carbocycles. The van der Waals surface area contributed by atoms with Crippen LogP contribution in [0.5, 0.6) is 0 Å². The number of hydrogen-bond acceptors (Lipinski definition) is 5. The maximum absolute atomic E-state index is 13.7. The van der Waals surface area contributed by atoms with Gasteiger partial charge in [-0.3, -0.25) is 9.47 Å². The Morgan fingerprint density at radius 3 is 2.57 bits per heavy atom. The number of rotatable bonds is 2. The third kappa shape index (κ3) is 5.56. The third-order valence-electron chi connectivity index (χ3n) is 5.69. The molecule has 3 heterocycles. The number of alkyl halides is 3. The zero-order valence-corrected chi connectivity index (χ0v) is 20.6. The fourth-order valence-corrected chi connectivity index (χ4v) is 4.63. The molecule has 2 aromatic rings. The Hall–Kier alpha value is -2.79. The Balaban J connectivity index is 1.68. The highest BCUT2D eigenvalue weighted by atomic mass is 35.5. The Morgan fingerprint density at radius 2 is 1.91 bits per heavy atom. The van der Waals surface area contributed by atoms with Crippen molar-refractivity contribution in [1.82, 2.24) is 19.8 Å². The average Bonchev–Trinajstić information content (AvgIpc) is 3.13. The molecule has 0 saturated carbocycles. The quantitative estimate of drug-likeness (QED) is 0.597. The molecule has 4 rings (SSSR count). The number of nitrogens with zero attached hydrogens (tertiary/aromatic N) is 4. The Kier molecular flexibility index (Phi) is 6.52. The summed E-state index contributed by atoms with van der Waals surface area (Å²) in [5, 5.41) is 3.31. The van der Waals surface area contributed by atoms with Gasteiger partial charge in [0.2, 0.25) is 0 Å². The van der Waals surface area contributed by atoms with E-state index in [9.17, 15) is 22.8 Å². The smallest absolute Gasteiger partial charge is 0.390 e. The Labute approximate surface area is 206 Å². The fourth-order valence-electron chi connectivity index (χ4n) is 4.46. The predicted molar refractivity (Wildman–Crippen MR) is 124 cm³/mol. The number of imidazole rings is 1. The van der Waals surface area contributed by atoms with Crippen LogP contribution in [0.2, 0.25) is 5.02 Å². The van der Waals surface area contributed by atoms with Gasteiger partial charge in [0.25, 0.3) is 0 Å². The molecule has 0 aliphatic carbocycles. The molecular formula is C23H27ClF3N5O3. The minimum atomic E-state index is -4.36. The maximum Gasteiger partial charge on any atom is 0.390 e. The van der Waals surface area contributed by atoms with Crippen LogP contribution in [0.3, 0.4) is 0 Å². The molecule has 2 unspecified atom stereocenters. The van der Waals surface area contributed by atoms with E-state index in [2.05, 4.69) is 10.3 Å². The Morgan fingerprint density at radius 1 is 1.20 bits per heavy atom. The van der Waals surface area contributed by atoms with E-state index >= 15 is 0 Å². The van der Waals surface area contributed by atoms with Gasteiger partial charge in [0.1, 0.15) is 11.9 Å². The van der Waals surface area contributed by atoms with Gasteiger partial charge in [0, 0.05) is 30.2 Å². The van der Waals surface area contributed by atoms with Crippen molar-refractivity contribution >= 4 is 29.3 Å². The summed E-state index contributed by atoms with van der Waals surface area (Å²) >= 11 is 6.22. The number of amides is 2. The zero-order valence-electron chi connectivity index (χ0n) is 19.8. The standard InChI is InChI=1S/C23H27ClF3N5O3/c1-13-9-30(10-15(29-13)8-23(25,26)27)21(34)31-11-18-19(20(33)35-22(2,3)4)28-12-32(18)16-6-5-14(24)7-17(16)31/h5-7,12-13,15,29H,8-11H2,1-4H3. The molecule has 0 bridgehead atoms. The van der Waals surface area contributed by atoms with Gasteiger partial charge < -0.3 is 15.0 Å². The predicted octanol–water partition coefficient (Wildman–Crippen LogP) is 4.54. The molecule has 1 N–H and O–H groups in total. The number of urea groups is 1. The number of anilines is 1. The lowest BCUT2D eigenvalue weighted by atomic mass is 10.1.